The van der Waals surface area contributed by atoms with Gasteiger partial charge < -0.3 is 4.74 Å². The molecule has 96 valence electrons. The molecule has 1 fully saturated rings. The van der Waals surface area contributed by atoms with Crippen molar-refractivity contribution < 1.29 is 4.74 Å². The van der Waals surface area contributed by atoms with Crippen molar-refractivity contribution in [2.24, 2.45) is 0 Å². The van der Waals surface area contributed by atoms with E-state index in [1.807, 2.05) is 6.07 Å². The van der Waals surface area contributed by atoms with Gasteiger partial charge in [0.25, 0.3) is 0 Å². The average molecular weight is 244 g/mol. The summed E-state index contributed by atoms with van der Waals surface area (Å²) in [5.74, 6) is 0. The van der Waals surface area contributed by atoms with Crippen LogP contribution in [0.15, 0.2) is 30.3 Å². The quantitative estimate of drug-likeness (QED) is 0.569. The fourth-order valence-corrected chi connectivity index (χ4v) is 2.35. The van der Waals surface area contributed by atoms with Crippen LogP contribution in [0.3, 0.4) is 0 Å². The normalized spacial score (nSPS) is 19.8. The van der Waals surface area contributed by atoms with E-state index in [1.165, 1.54) is 5.56 Å². The van der Waals surface area contributed by atoms with E-state index < -0.39 is 0 Å². The number of likely N-dealkylation sites (tertiary alicyclic amines) is 1. The molecular weight excluding hydrogens is 224 g/mol. The topological polar surface area (TPSA) is 36.3 Å². The molecule has 3 heteroatoms. The van der Waals surface area contributed by atoms with Gasteiger partial charge in [-0.1, -0.05) is 30.3 Å². The first-order valence-corrected chi connectivity index (χ1v) is 6.63. The Morgan fingerprint density at radius 3 is 2.94 bits per heavy atom. The van der Waals surface area contributed by atoms with E-state index in [9.17, 15) is 0 Å². The summed E-state index contributed by atoms with van der Waals surface area (Å²) in [4.78, 5) is 2.15. The first kappa shape index (κ1) is 13.1. The van der Waals surface area contributed by atoms with Crippen LogP contribution in [-0.4, -0.2) is 37.2 Å². The third-order valence-electron chi connectivity index (χ3n) is 3.33. The van der Waals surface area contributed by atoms with Gasteiger partial charge in [-0.25, -0.2) is 0 Å². The number of nitrogens with zero attached hydrogens (tertiary/aromatic N) is 2. The minimum Gasteiger partial charge on any atom is -0.377 e. The largest absolute Gasteiger partial charge is 0.377 e. The lowest BCUT2D eigenvalue weighted by Gasteiger charge is -2.13. The van der Waals surface area contributed by atoms with Crippen LogP contribution in [0.5, 0.6) is 0 Å². The number of hydrogen-bond acceptors (Lipinski definition) is 3. The Morgan fingerprint density at radius 2 is 2.17 bits per heavy atom. The molecule has 1 aromatic rings. The SMILES string of the molecule is N#CCN1CCC(OCCCc2ccccc2)C1. The van der Waals surface area contributed by atoms with Gasteiger partial charge in [0.2, 0.25) is 0 Å². The second-order valence-electron chi connectivity index (χ2n) is 4.76. The Bertz CT molecular complexity index is 385. The summed E-state index contributed by atoms with van der Waals surface area (Å²) in [6.45, 7) is 3.26. The Balaban J connectivity index is 1.58. The summed E-state index contributed by atoms with van der Waals surface area (Å²) in [5.41, 5.74) is 1.37. The van der Waals surface area contributed by atoms with Crippen molar-refractivity contribution in [3.8, 4) is 6.07 Å². The van der Waals surface area contributed by atoms with E-state index in [2.05, 4.69) is 35.2 Å². The molecule has 2 rings (SSSR count). The lowest BCUT2D eigenvalue weighted by molar-refractivity contribution is 0.0586. The molecule has 1 heterocycles. The van der Waals surface area contributed by atoms with E-state index in [0.29, 0.717) is 12.6 Å². The van der Waals surface area contributed by atoms with Crippen molar-refractivity contribution in [1.29, 1.82) is 5.26 Å². The third kappa shape index (κ3) is 4.14. The predicted octanol–water partition coefficient (Wildman–Crippen LogP) is 2.23. The van der Waals surface area contributed by atoms with Crippen LogP contribution in [0.1, 0.15) is 18.4 Å². The maximum Gasteiger partial charge on any atom is 0.0866 e. The summed E-state index contributed by atoms with van der Waals surface area (Å²) in [7, 11) is 0. The molecule has 0 spiro atoms. The van der Waals surface area contributed by atoms with Crippen molar-refractivity contribution in [2.75, 3.05) is 26.2 Å². The van der Waals surface area contributed by atoms with Crippen LogP contribution in [0.4, 0.5) is 0 Å². The highest BCUT2D eigenvalue weighted by Crippen LogP contribution is 2.12. The Labute approximate surface area is 109 Å². The van der Waals surface area contributed by atoms with Crippen LogP contribution in [0.25, 0.3) is 0 Å². The maximum absolute atomic E-state index is 8.62. The molecule has 1 saturated heterocycles. The van der Waals surface area contributed by atoms with E-state index >= 15 is 0 Å². The van der Waals surface area contributed by atoms with Crippen LogP contribution >= 0.6 is 0 Å². The summed E-state index contributed by atoms with van der Waals surface area (Å²) in [5, 5.41) is 8.62. The molecule has 1 atom stereocenters. The second kappa shape index (κ2) is 7.15. The Kier molecular flexibility index (Phi) is 5.19. The van der Waals surface area contributed by atoms with Crippen molar-refractivity contribution in [3.05, 3.63) is 35.9 Å². The molecule has 1 aliphatic heterocycles. The highest BCUT2D eigenvalue weighted by Gasteiger charge is 2.22. The summed E-state index contributed by atoms with van der Waals surface area (Å²) in [6.07, 6.45) is 3.54. The molecule has 18 heavy (non-hydrogen) atoms. The third-order valence-corrected chi connectivity index (χ3v) is 3.33. The number of rotatable bonds is 6. The number of benzene rings is 1. The van der Waals surface area contributed by atoms with Crippen LogP contribution < -0.4 is 0 Å². The molecule has 0 aliphatic carbocycles. The molecule has 0 bridgehead atoms. The number of nitriles is 1. The minimum atomic E-state index is 0.328. The molecule has 0 saturated carbocycles. The summed E-state index contributed by atoms with van der Waals surface area (Å²) >= 11 is 0. The molecule has 0 radical (unpaired) electrons. The fraction of sp³-hybridized carbons (Fsp3) is 0.533. The zero-order valence-corrected chi connectivity index (χ0v) is 10.7. The number of ether oxygens (including phenoxy) is 1. The molecule has 0 amide bonds. The Morgan fingerprint density at radius 1 is 1.33 bits per heavy atom. The lowest BCUT2D eigenvalue weighted by atomic mass is 10.1. The second-order valence-corrected chi connectivity index (χ2v) is 4.76. The van der Waals surface area contributed by atoms with Crippen LogP contribution in [0, 0.1) is 11.3 Å². The predicted molar refractivity (Wildman–Crippen MR) is 71.2 cm³/mol. The molecular formula is C15H20N2O. The Hall–Kier alpha value is -1.37. The van der Waals surface area contributed by atoms with E-state index in [-0.39, 0.29) is 0 Å². The van der Waals surface area contributed by atoms with Gasteiger partial charge in [-0.2, -0.15) is 5.26 Å². The van der Waals surface area contributed by atoms with Crippen molar-refractivity contribution in [1.82, 2.24) is 4.90 Å². The van der Waals surface area contributed by atoms with Gasteiger partial charge in [0.05, 0.1) is 18.7 Å². The van der Waals surface area contributed by atoms with E-state index in [1.54, 1.807) is 0 Å². The molecule has 3 nitrogen and oxygen atoms in total. The smallest absolute Gasteiger partial charge is 0.0866 e. The first-order chi connectivity index (χ1) is 8.88. The van der Waals surface area contributed by atoms with Crippen molar-refractivity contribution in [2.45, 2.75) is 25.4 Å². The van der Waals surface area contributed by atoms with Gasteiger partial charge in [-0.3, -0.25) is 4.90 Å². The average Bonchev–Trinajstić information content (AvgIpc) is 2.84. The molecule has 1 unspecified atom stereocenters. The number of hydrogen-bond donors (Lipinski definition) is 0. The zero-order chi connectivity index (χ0) is 12.6. The summed E-state index contributed by atoms with van der Waals surface area (Å²) in [6, 6.07) is 12.7. The maximum atomic E-state index is 8.62. The van der Waals surface area contributed by atoms with Crippen LogP contribution in [-0.2, 0) is 11.2 Å². The van der Waals surface area contributed by atoms with Crippen LogP contribution in [0.2, 0.25) is 0 Å². The van der Waals surface area contributed by atoms with E-state index in [4.69, 9.17) is 10.00 Å². The van der Waals surface area contributed by atoms with Crippen molar-refractivity contribution in [3.63, 3.8) is 0 Å². The highest BCUT2D eigenvalue weighted by atomic mass is 16.5. The van der Waals surface area contributed by atoms with Gasteiger partial charge >= 0.3 is 0 Å². The summed E-state index contributed by atoms with van der Waals surface area (Å²) < 4.78 is 5.85. The van der Waals surface area contributed by atoms with E-state index in [0.717, 1.165) is 39.0 Å². The standard InChI is InChI=1S/C15H20N2O/c16-9-11-17-10-8-15(13-17)18-12-4-7-14-5-2-1-3-6-14/h1-3,5-6,15H,4,7-8,10-13H2. The first-order valence-electron chi connectivity index (χ1n) is 6.63. The zero-order valence-electron chi connectivity index (χ0n) is 10.7. The lowest BCUT2D eigenvalue weighted by Crippen LogP contribution is -2.23. The fourth-order valence-electron chi connectivity index (χ4n) is 2.35. The van der Waals surface area contributed by atoms with Gasteiger partial charge in [0.1, 0.15) is 0 Å². The van der Waals surface area contributed by atoms with Gasteiger partial charge in [-0.15, -0.1) is 0 Å². The van der Waals surface area contributed by atoms with Gasteiger partial charge in [0, 0.05) is 19.7 Å². The molecule has 0 N–H and O–H groups in total. The van der Waals surface area contributed by atoms with Crippen molar-refractivity contribution >= 4 is 0 Å². The molecule has 0 aromatic heterocycles. The monoisotopic (exact) mass is 244 g/mol. The molecule has 1 aliphatic rings. The molecule has 1 aromatic carbocycles. The highest BCUT2D eigenvalue weighted by molar-refractivity contribution is 5.14. The minimum absolute atomic E-state index is 0.328. The van der Waals surface area contributed by atoms with Gasteiger partial charge in [0.15, 0.2) is 0 Å². The van der Waals surface area contributed by atoms with Gasteiger partial charge in [-0.05, 0) is 24.8 Å². The number of aryl methyl sites for hydroxylation is 1.